The van der Waals surface area contributed by atoms with Crippen LogP contribution < -0.4 is 5.32 Å². The van der Waals surface area contributed by atoms with Gasteiger partial charge in [0.05, 0.1) is 10.7 Å². The highest BCUT2D eigenvalue weighted by Crippen LogP contribution is 2.34. The fourth-order valence-corrected chi connectivity index (χ4v) is 2.47. The lowest BCUT2D eigenvalue weighted by Gasteiger charge is -2.17. The lowest BCUT2D eigenvalue weighted by molar-refractivity contribution is 0.556. The van der Waals surface area contributed by atoms with Crippen molar-refractivity contribution in [3.63, 3.8) is 0 Å². The lowest BCUT2D eigenvalue weighted by Crippen LogP contribution is -2.19. The maximum Gasteiger partial charge on any atom is 0.148 e. The molecular formula is C15H17BrFNO. The highest BCUT2D eigenvalue weighted by Gasteiger charge is 2.16. The van der Waals surface area contributed by atoms with Gasteiger partial charge >= 0.3 is 0 Å². The van der Waals surface area contributed by atoms with Crippen LogP contribution in [0.25, 0.3) is 11.3 Å². The topological polar surface area (TPSA) is 25.2 Å². The summed E-state index contributed by atoms with van der Waals surface area (Å²) in [6.07, 6.45) is 2.66. The van der Waals surface area contributed by atoms with Gasteiger partial charge in [0, 0.05) is 11.6 Å². The molecule has 102 valence electrons. The van der Waals surface area contributed by atoms with Crippen LogP contribution in [0.15, 0.2) is 39.4 Å². The molecule has 19 heavy (non-hydrogen) atoms. The molecule has 0 aliphatic carbocycles. The number of hydrogen-bond donors (Lipinski definition) is 1. The van der Waals surface area contributed by atoms with Crippen LogP contribution in [0.3, 0.4) is 0 Å². The summed E-state index contributed by atoms with van der Waals surface area (Å²) in [5.41, 5.74) is 1.82. The average Bonchev–Trinajstić information content (AvgIpc) is 2.82. The summed E-state index contributed by atoms with van der Waals surface area (Å²) in [4.78, 5) is 0. The van der Waals surface area contributed by atoms with E-state index >= 15 is 0 Å². The predicted octanol–water partition coefficient (Wildman–Crippen LogP) is 4.91. The van der Waals surface area contributed by atoms with E-state index in [-0.39, 0.29) is 11.9 Å². The van der Waals surface area contributed by atoms with Crippen molar-refractivity contribution in [1.82, 2.24) is 5.32 Å². The zero-order valence-corrected chi connectivity index (χ0v) is 12.6. The van der Waals surface area contributed by atoms with Gasteiger partial charge < -0.3 is 9.73 Å². The number of halogens is 2. The van der Waals surface area contributed by atoms with E-state index in [1.54, 1.807) is 6.26 Å². The Bertz CT molecular complexity index is 553. The number of hydrogen-bond acceptors (Lipinski definition) is 2. The molecule has 2 aromatic rings. The third-order valence-corrected chi connectivity index (χ3v) is 3.67. The third-order valence-electron chi connectivity index (χ3n) is 3.04. The van der Waals surface area contributed by atoms with Gasteiger partial charge in [-0.25, -0.2) is 4.39 Å². The van der Waals surface area contributed by atoms with Gasteiger partial charge in [0.1, 0.15) is 11.6 Å². The van der Waals surface area contributed by atoms with Gasteiger partial charge in [-0.3, -0.25) is 0 Å². The molecule has 0 aliphatic rings. The highest BCUT2D eigenvalue weighted by molar-refractivity contribution is 9.10. The summed E-state index contributed by atoms with van der Waals surface area (Å²) in [7, 11) is 0. The van der Waals surface area contributed by atoms with Crippen molar-refractivity contribution in [3.05, 3.63) is 46.4 Å². The van der Waals surface area contributed by atoms with Crippen molar-refractivity contribution in [2.45, 2.75) is 26.3 Å². The molecule has 0 amide bonds. The predicted molar refractivity (Wildman–Crippen MR) is 78.5 cm³/mol. The third kappa shape index (κ3) is 3.25. The van der Waals surface area contributed by atoms with Crippen molar-refractivity contribution in [1.29, 1.82) is 0 Å². The van der Waals surface area contributed by atoms with Crippen LogP contribution in [0.2, 0.25) is 0 Å². The van der Waals surface area contributed by atoms with Gasteiger partial charge in [-0.15, -0.1) is 0 Å². The molecule has 1 heterocycles. The molecule has 0 saturated heterocycles. The molecule has 1 N–H and O–H groups in total. The van der Waals surface area contributed by atoms with E-state index in [0.717, 1.165) is 28.6 Å². The first kappa shape index (κ1) is 14.3. The summed E-state index contributed by atoms with van der Waals surface area (Å²) in [5.74, 6) is 0.407. The molecule has 1 atom stereocenters. The minimum atomic E-state index is -0.259. The number of rotatable bonds is 5. The Labute approximate surface area is 121 Å². The second kappa shape index (κ2) is 6.35. The van der Waals surface area contributed by atoms with Crippen LogP contribution in [0.5, 0.6) is 0 Å². The largest absolute Gasteiger partial charge is 0.463 e. The maximum absolute atomic E-state index is 13.5. The van der Waals surface area contributed by atoms with Crippen molar-refractivity contribution >= 4 is 15.9 Å². The Morgan fingerprint density at radius 1 is 1.37 bits per heavy atom. The first-order valence-corrected chi connectivity index (χ1v) is 7.19. The van der Waals surface area contributed by atoms with Crippen LogP contribution >= 0.6 is 15.9 Å². The molecular weight excluding hydrogens is 309 g/mol. The minimum Gasteiger partial charge on any atom is -0.463 e. The molecule has 2 rings (SSSR count). The molecule has 0 bridgehead atoms. The molecule has 0 fully saturated rings. The van der Waals surface area contributed by atoms with Crippen LogP contribution in [0.4, 0.5) is 4.39 Å². The standard InChI is InChI=1S/C15H17BrFNO/c1-3-7-18-10(2)12-5-4-11(17)9-13(12)15-14(16)6-8-19-15/h4-6,8-10,18H,3,7H2,1-2H3. The Kier molecular flexibility index (Phi) is 4.77. The Balaban J connectivity index is 2.41. The maximum atomic E-state index is 13.5. The highest BCUT2D eigenvalue weighted by atomic mass is 79.9. The Morgan fingerprint density at radius 2 is 2.16 bits per heavy atom. The van der Waals surface area contributed by atoms with E-state index in [9.17, 15) is 4.39 Å². The number of furan rings is 1. The van der Waals surface area contributed by atoms with Gasteiger partial charge in [-0.1, -0.05) is 13.0 Å². The summed E-state index contributed by atoms with van der Waals surface area (Å²) in [5, 5.41) is 3.41. The molecule has 4 heteroatoms. The van der Waals surface area contributed by atoms with Gasteiger partial charge in [-0.05, 0) is 59.6 Å². The van der Waals surface area contributed by atoms with Gasteiger partial charge in [0.25, 0.3) is 0 Å². The molecule has 1 unspecified atom stereocenters. The fourth-order valence-electron chi connectivity index (χ4n) is 2.06. The van der Waals surface area contributed by atoms with E-state index in [2.05, 4.69) is 35.1 Å². The molecule has 0 saturated carbocycles. The van der Waals surface area contributed by atoms with Crippen LogP contribution in [0, 0.1) is 5.82 Å². The lowest BCUT2D eigenvalue weighted by atomic mass is 9.99. The normalized spacial score (nSPS) is 12.6. The van der Waals surface area contributed by atoms with E-state index in [1.807, 2.05) is 12.1 Å². The van der Waals surface area contributed by atoms with Gasteiger partial charge in [-0.2, -0.15) is 0 Å². The first-order valence-electron chi connectivity index (χ1n) is 6.39. The monoisotopic (exact) mass is 325 g/mol. The number of benzene rings is 1. The zero-order valence-electron chi connectivity index (χ0n) is 11.0. The van der Waals surface area contributed by atoms with E-state index in [1.165, 1.54) is 12.1 Å². The van der Waals surface area contributed by atoms with Gasteiger partial charge in [0.2, 0.25) is 0 Å². The summed E-state index contributed by atoms with van der Waals surface area (Å²) < 4.78 is 19.8. The summed E-state index contributed by atoms with van der Waals surface area (Å²) in [6, 6.07) is 6.77. The van der Waals surface area contributed by atoms with E-state index < -0.39 is 0 Å². The molecule has 1 aromatic heterocycles. The van der Waals surface area contributed by atoms with Gasteiger partial charge in [0.15, 0.2) is 0 Å². The SMILES string of the molecule is CCCNC(C)c1ccc(F)cc1-c1occc1Br. The fraction of sp³-hybridized carbons (Fsp3) is 0.333. The second-order valence-electron chi connectivity index (χ2n) is 4.51. The van der Waals surface area contributed by atoms with Crippen molar-refractivity contribution in [3.8, 4) is 11.3 Å². The quantitative estimate of drug-likeness (QED) is 0.845. The van der Waals surface area contributed by atoms with Crippen molar-refractivity contribution in [2.75, 3.05) is 6.54 Å². The van der Waals surface area contributed by atoms with Crippen molar-refractivity contribution < 1.29 is 8.81 Å². The molecule has 0 aliphatic heterocycles. The van der Waals surface area contributed by atoms with E-state index in [0.29, 0.717) is 5.76 Å². The number of nitrogens with one attached hydrogen (secondary N) is 1. The molecule has 1 aromatic carbocycles. The molecule has 0 spiro atoms. The van der Waals surface area contributed by atoms with Crippen LogP contribution in [-0.2, 0) is 0 Å². The minimum absolute atomic E-state index is 0.146. The molecule has 0 radical (unpaired) electrons. The second-order valence-corrected chi connectivity index (χ2v) is 5.36. The smallest absolute Gasteiger partial charge is 0.148 e. The zero-order chi connectivity index (χ0) is 13.8. The summed E-state index contributed by atoms with van der Waals surface area (Å²) in [6.45, 7) is 5.12. The average molecular weight is 326 g/mol. The summed E-state index contributed by atoms with van der Waals surface area (Å²) >= 11 is 3.43. The first-order chi connectivity index (χ1) is 9.13. The van der Waals surface area contributed by atoms with E-state index in [4.69, 9.17) is 4.42 Å². The van der Waals surface area contributed by atoms with Crippen LogP contribution in [0.1, 0.15) is 31.9 Å². The van der Waals surface area contributed by atoms with Crippen LogP contribution in [-0.4, -0.2) is 6.54 Å². The Morgan fingerprint density at radius 3 is 2.79 bits per heavy atom. The Hall–Kier alpha value is -1.13. The molecule has 2 nitrogen and oxygen atoms in total. The van der Waals surface area contributed by atoms with Crippen molar-refractivity contribution in [2.24, 2.45) is 0 Å².